The molecule has 3 N–H and O–H groups in total. The average Bonchev–Trinajstić information content (AvgIpc) is 3.08. The van der Waals surface area contributed by atoms with Gasteiger partial charge in [-0.3, -0.25) is 9.79 Å². The van der Waals surface area contributed by atoms with E-state index in [0.29, 0.717) is 19.1 Å². The standard InChI is InChI=1S/C18H30N4O2.HI/c1-15(23)19-11-6-12-20-18(22-16-7-3-2-4-8-16)21-13-10-17-9-5-14-24-17;/h5,9,14,16H,2-4,6-8,10-13H2,1H3,(H,19,23)(H2,20,21,22);1H. The number of carbonyl (C=O) groups excluding carboxylic acids is 1. The summed E-state index contributed by atoms with van der Waals surface area (Å²) in [5.74, 6) is 1.86. The highest BCUT2D eigenvalue weighted by molar-refractivity contribution is 14.0. The van der Waals surface area contributed by atoms with Crippen LogP contribution in [0.1, 0.15) is 51.2 Å². The van der Waals surface area contributed by atoms with Crippen molar-refractivity contribution in [3.63, 3.8) is 0 Å². The van der Waals surface area contributed by atoms with E-state index in [2.05, 4.69) is 20.9 Å². The Morgan fingerprint density at radius 3 is 2.72 bits per heavy atom. The Balaban J connectivity index is 0.00000312. The predicted octanol–water partition coefficient (Wildman–Crippen LogP) is 2.83. The highest BCUT2D eigenvalue weighted by atomic mass is 127. The van der Waals surface area contributed by atoms with Crippen LogP contribution in [-0.2, 0) is 11.2 Å². The van der Waals surface area contributed by atoms with Gasteiger partial charge < -0.3 is 20.4 Å². The summed E-state index contributed by atoms with van der Waals surface area (Å²) in [6.07, 6.45) is 9.73. The van der Waals surface area contributed by atoms with Crippen molar-refractivity contribution >= 4 is 35.8 Å². The molecule has 1 aliphatic carbocycles. The maximum atomic E-state index is 10.9. The van der Waals surface area contributed by atoms with E-state index in [0.717, 1.165) is 31.1 Å². The normalized spacial score (nSPS) is 15.3. The van der Waals surface area contributed by atoms with Crippen LogP contribution in [-0.4, -0.2) is 37.5 Å². The van der Waals surface area contributed by atoms with Crippen LogP contribution in [0.25, 0.3) is 0 Å². The average molecular weight is 462 g/mol. The van der Waals surface area contributed by atoms with Crippen molar-refractivity contribution in [2.75, 3.05) is 19.6 Å². The number of hydrogen-bond acceptors (Lipinski definition) is 3. The molecule has 7 heteroatoms. The second-order valence-corrected chi connectivity index (χ2v) is 6.30. The number of carbonyl (C=O) groups is 1. The third-order valence-electron chi connectivity index (χ3n) is 4.17. The Labute approximate surface area is 167 Å². The fourth-order valence-corrected chi connectivity index (χ4v) is 2.89. The SMILES string of the molecule is CC(=O)NCCCN=C(NCCc1ccco1)NC1CCCCC1.I. The van der Waals surface area contributed by atoms with Gasteiger partial charge in [-0.15, -0.1) is 24.0 Å². The van der Waals surface area contributed by atoms with Gasteiger partial charge in [0, 0.05) is 39.0 Å². The number of guanidine groups is 1. The van der Waals surface area contributed by atoms with Gasteiger partial charge >= 0.3 is 0 Å². The van der Waals surface area contributed by atoms with Crippen molar-refractivity contribution in [3.05, 3.63) is 24.2 Å². The van der Waals surface area contributed by atoms with Gasteiger partial charge in [0.15, 0.2) is 5.96 Å². The molecule has 1 heterocycles. The van der Waals surface area contributed by atoms with Crippen molar-refractivity contribution in [2.24, 2.45) is 4.99 Å². The topological polar surface area (TPSA) is 78.7 Å². The lowest BCUT2D eigenvalue weighted by atomic mass is 9.96. The van der Waals surface area contributed by atoms with Crippen molar-refractivity contribution in [3.8, 4) is 0 Å². The maximum Gasteiger partial charge on any atom is 0.216 e. The highest BCUT2D eigenvalue weighted by Crippen LogP contribution is 2.17. The van der Waals surface area contributed by atoms with Gasteiger partial charge in [0.2, 0.25) is 5.91 Å². The van der Waals surface area contributed by atoms with Gasteiger partial charge in [-0.2, -0.15) is 0 Å². The summed E-state index contributed by atoms with van der Waals surface area (Å²) >= 11 is 0. The van der Waals surface area contributed by atoms with Crippen molar-refractivity contribution in [2.45, 2.75) is 57.9 Å². The molecule has 1 amide bonds. The summed E-state index contributed by atoms with van der Waals surface area (Å²) in [5.41, 5.74) is 0. The zero-order valence-corrected chi connectivity index (χ0v) is 17.4. The minimum Gasteiger partial charge on any atom is -0.469 e. The van der Waals surface area contributed by atoms with Crippen LogP contribution in [0.4, 0.5) is 0 Å². The second kappa shape index (κ2) is 13.0. The fourth-order valence-electron chi connectivity index (χ4n) is 2.89. The van der Waals surface area contributed by atoms with E-state index < -0.39 is 0 Å². The molecule has 1 saturated carbocycles. The highest BCUT2D eigenvalue weighted by Gasteiger charge is 2.14. The molecule has 0 bridgehead atoms. The first-order valence-corrected chi connectivity index (χ1v) is 9.05. The fraction of sp³-hybridized carbons (Fsp3) is 0.667. The number of hydrogen-bond donors (Lipinski definition) is 3. The first kappa shape index (κ1) is 21.8. The zero-order chi connectivity index (χ0) is 17.0. The minimum atomic E-state index is 0. The molecule has 2 rings (SSSR count). The summed E-state index contributed by atoms with van der Waals surface area (Å²) in [6, 6.07) is 4.41. The Morgan fingerprint density at radius 1 is 1.24 bits per heavy atom. The molecule has 0 aromatic carbocycles. The predicted molar refractivity (Wildman–Crippen MR) is 111 cm³/mol. The molecule has 1 aromatic heterocycles. The summed E-state index contributed by atoms with van der Waals surface area (Å²) in [4.78, 5) is 15.5. The van der Waals surface area contributed by atoms with Crippen molar-refractivity contribution in [1.29, 1.82) is 0 Å². The van der Waals surface area contributed by atoms with Crippen LogP contribution in [0.3, 0.4) is 0 Å². The first-order chi connectivity index (χ1) is 11.7. The molecule has 1 fully saturated rings. The number of amides is 1. The summed E-state index contributed by atoms with van der Waals surface area (Å²) in [6.45, 7) is 3.69. The first-order valence-electron chi connectivity index (χ1n) is 9.05. The van der Waals surface area contributed by atoms with Gasteiger partial charge in [0.25, 0.3) is 0 Å². The van der Waals surface area contributed by atoms with E-state index >= 15 is 0 Å². The largest absolute Gasteiger partial charge is 0.469 e. The maximum absolute atomic E-state index is 10.9. The molecule has 25 heavy (non-hydrogen) atoms. The number of nitrogens with one attached hydrogen (secondary N) is 3. The summed E-state index contributed by atoms with van der Waals surface area (Å²) in [7, 11) is 0. The Hall–Kier alpha value is -1.25. The molecule has 142 valence electrons. The van der Waals surface area contributed by atoms with E-state index in [1.807, 2.05) is 12.1 Å². The Morgan fingerprint density at radius 2 is 2.04 bits per heavy atom. The van der Waals surface area contributed by atoms with Crippen LogP contribution >= 0.6 is 24.0 Å². The smallest absolute Gasteiger partial charge is 0.216 e. The minimum absolute atomic E-state index is 0. The molecular formula is C18H31IN4O2. The number of aliphatic imine (C=N–C) groups is 1. The number of nitrogens with zero attached hydrogens (tertiary/aromatic N) is 1. The van der Waals surface area contributed by atoms with Gasteiger partial charge in [-0.25, -0.2) is 0 Å². The molecular weight excluding hydrogens is 431 g/mol. The molecule has 0 radical (unpaired) electrons. The molecule has 0 unspecified atom stereocenters. The molecule has 6 nitrogen and oxygen atoms in total. The van der Waals surface area contributed by atoms with Crippen molar-refractivity contribution in [1.82, 2.24) is 16.0 Å². The summed E-state index contributed by atoms with van der Waals surface area (Å²) in [5, 5.41) is 9.75. The quantitative estimate of drug-likeness (QED) is 0.240. The van der Waals surface area contributed by atoms with Crippen LogP contribution in [0.5, 0.6) is 0 Å². The molecule has 1 aliphatic rings. The van der Waals surface area contributed by atoms with Crippen LogP contribution in [0.2, 0.25) is 0 Å². The third kappa shape index (κ3) is 9.72. The van der Waals surface area contributed by atoms with Crippen LogP contribution in [0.15, 0.2) is 27.8 Å². The Kier molecular flexibility index (Phi) is 11.3. The van der Waals surface area contributed by atoms with Gasteiger partial charge in [0.05, 0.1) is 6.26 Å². The Bertz CT molecular complexity index is 499. The van der Waals surface area contributed by atoms with Gasteiger partial charge in [0.1, 0.15) is 5.76 Å². The van der Waals surface area contributed by atoms with Crippen LogP contribution < -0.4 is 16.0 Å². The van der Waals surface area contributed by atoms with E-state index in [1.165, 1.54) is 39.0 Å². The van der Waals surface area contributed by atoms with Gasteiger partial charge in [-0.1, -0.05) is 19.3 Å². The third-order valence-corrected chi connectivity index (χ3v) is 4.17. The zero-order valence-electron chi connectivity index (χ0n) is 15.1. The molecule has 0 aliphatic heterocycles. The monoisotopic (exact) mass is 462 g/mol. The molecule has 0 saturated heterocycles. The second-order valence-electron chi connectivity index (χ2n) is 6.30. The van der Waals surface area contributed by atoms with Crippen LogP contribution in [0, 0.1) is 0 Å². The van der Waals surface area contributed by atoms with E-state index in [4.69, 9.17) is 4.42 Å². The van der Waals surface area contributed by atoms with Crippen molar-refractivity contribution < 1.29 is 9.21 Å². The van der Waals surface area contributed by atoms with E-state index in [-0.39, 0.29) is 29.9 Å². The lowest BCUT2D eigenvalue weighted by Crippen LogP contribution is -2.45. The lowest BCUT2D eigenvalue weighted by molar-refractivity contribution is -0.118. The molecule has 0 atom stereocenters. The van der Waals surface area contributed by atoms with E-state index in [9.17, 15) is 4.79 Å². The number of halogens is 1. The number of furan rings is 1. The van der Waals surface area contributed by atoms with E-state index in [1.54, 1.807) is 6.26 Å². The van der Waals surface area contributed by atoms with Gasteiger partial charge in [-0.05, 0) is 31.4 Å². The summed E-state index contributed by atoms with van der Waals surface area (Å²) < 4.78 is 5.36. The number of rotatable bonds is 8. The molecule has 1 aromatic rings. The lowest BCUT2D eigenvalue weighted by Gasteiger charge is -2.25. The molecule has 0 spiro atoms.